The maximum Gasteiger partial charge on any atom is 0.416 e. The van der Waals surface area contributed by atoms with E-state index in [2.05, 4.69) is 20.8 Å². The van der Waals surface area contributed by atoms with E-state index in [4.69, 9.17) is 0 Å². The van der Waals surface area contributed by atoms with Gasteiger partial charge in [-0.15, -0.1) is 0 Å². The highest BCUT2D eigenvalue weighted by Crippen LogP contribution is 2.33. The van der Waals surface area contributed by atoms with E-state index in [1.165, 1.54) is 12.1 Å². The SMILES string of the molecule is CCCC(C)(CC)Cc1ccc(C(F)(F)F)cc1. The van der Waals surface area contributed by atoms with Crippen LogP contribution in [-0.4, -0.2) is 0 Å². The van der Waals surface area contributed by atoms with Gasteiger partial charge in [-0.25, -0.2) is 0 Å². The second kappa shape index (κ2) is 5.77. The van der Waals surface area contributed by atoms with Crippen molar-refractivity contribution in [3.8, 4) is 0 Å². The van der Waals surface area contributed by atoms with Crippen molar-refractivity contribution >= 4 is 0 Å². The van der Waals surface area contributed by atoms with Gasteiger partial charge in [-0.05, 0) is 36.0 Å². The summed E-state index contributed by atoms with van der Waals surface area (Å²) in [7, 11) is 0. The quantitative estimate of drug-likeness (QED) is 0.657. The Hall–Kier alpha value is -0.990. The summed E-state index contributed by atoms with van der Waals surface area (Å²) in [6, 6.07) is 5.56. The van der Waals surface area contributed by atoms with E-state index >= 15 is 0 Å². The van der Waals surface area contributed by atoms with Gasteiger partial charge in [-0.2, -0.15) is 13.2 Å². The fraction of sp³-hybridized carbons (Fsp3) is 0.600. The molecule has 0 fully saturated rings. The van der Waals surface area contributed by atoms with E-state index in [0.717, 1.165) is 31.2 Å². The third-order valence-corrected chi connectivity index (χ3v) is 3.62. The van der Waals surface area contributed by atoms with Gasteiger partial charge < -0.3 is 0 Å². The molecule has 1 atom stereocenters. The lowest BCUT2D eigenvalue weighted by Gasteiger charge is -2.28. The van der Waals surface area contributed by atoms with Crippen LogP contribution in [-0.2, 0) is 12.6 Å². The van der Waals surface area contributed by atoms with Gasteiger partial charge in [0.2, 0.25) is 0 Å². The fourth-order valence-electron chi connectivity index (χ4n) is 2.30. The van der Waals surface area contributed by atoms with Crippen LogP contribution in [0.5, 0.6) is 0 Å². The summed E-state index contributed by atoms with van der Waals surface area (Å²) in [5.74, 6) is 0. The van der Waals surface area contributed by atoms with Crippen LogP contribution in [0.3, 0.4) is 0 Å². The monoisotopic (exact) mass is 258 g/mol. The lowest BCUT2D eigenvalue weighted by atomic mass is 9.77. The average Bonchev–Trinajstić information content (AvgIpc) is 2.29. The summed E-state index contributed by atoms with van der Waals surface area (Å²) in [4.78, 5) is 0. The molecule has 0 nitrogen and oxygen atoms in total. The third-order valence-electron chi connectivity index (χ3n) is 3.62. The number of rotatable bonds is 5. The van der Waals surface area contributed by atoms with Gasteiger partial charge in [0.25, 0.3) is 0 Å². The predicted octanol–water partition coefficient (Wildman–Crippen LogP) is 5.46. The molecule has 0 N–H and O–H groups in total. The summed E-state index contributed by atoms with van der Waals surface area (Å²) in [6.45, 7) is 6.48. The van der Waals surface area contributed by atoms with Crippen molar-refractivity contribution in [2.24, 2.45) is 5.41 Å². The molecule has 0 spiro atoms. The molecule has 0 radical (unpaired) electrons. The molecule has 0 bridgehead atoms. The number of hydrogen-bond donors (Lipinski definition) is 0. The molecule has 0 aromatic heterocycles. The summed E-state index contributed by atoms with van der Waals surface area (Å²) < 4.78 is 37.3. The lowest BCUT2D eigenvalue weighted by molar-refractivity contribution is -0.137. The molecule has 18 heavy (non-hydrogen) atoms. The van der Waals surface area contributed by atoms with Crippen molar-refractivity contribution in [3.05, 3.63) is 35.4 Å². The first-order valence-corrected chi connectivity index (χ1v) is 6.47. The molecule has 0 saturated carbocycles. The number of alkyl halides is 3. The van der Waals surface area contributed by atoms with Gasteiger partial charge in [-0.1, -0.05) is 45.7 Å². The molecule has 0 heterocycles. The van der Waals surface area contributed by atoms with Crippen molar-refractivity contribution in [2.75, 3.05) is 0 Å². The molecule has 0 saturated heterocycles. The van der Waals surface area contributed by atoms with Gasteiger partial charge in [0.1, 0.15) is 0 Å². The molecule has 1 unspecified atom stereocenters. The molecule has 102 valence electrons. The predicted molar refractivity (Wildman–Crippen MR) is 68.5 cm³/mol. The topological polar surface area (TPSA) is 0 Å². The smallest absolute Gasteiger partial charge is 0.166 e. The van der Waals surface area contributed by atoms with Crippen LogP contribution in [0.1, 0.15) is 51.2 Å². The third kappa shape index (κ3) is 4.04. The van der Waals surface area contributed by atoms with Gasteiger partial charge in [0, 0.05) is 0 Å². The maximum absolute atomic E-state index is 12.4. The van der Waals surface area contributed by atoms with E-state index in [1.807, 2.05) is 0 Å². The molecule has 0 aliphatic heterocycles. The minimum absolute atomic E-state index is 0.189. The summed E-state index contributed by atoms with van der Waals surface area (Å²) in [5.41, 5.74) is 0.606. The van der Waals surface area contributed by atoms with Gasteiger partial charge in [-0.3, -0.25) is 0 Å². The lowest BCUT2D eigenvalue weighted by Crippen LogP contribution is -2.18. The highest BCUT2D eigenvalue weighted by molar-refractivity contribution is 5.25. The number of benzene rings is 1. The van der Waals surface area contributed by atoms with Crippen LogP contribution >= 0.6 is 0 Å². The van der Waals surface area contributed by atoms with Gasteiger partial charge in [0.05, 0.1) is 5.56 Å². The van der Waals surface area contributed by atoms with E-state index in [1.54, 1.807) is 12.1 Å². The Balaban J connectivity index is 2.80. The Morgan fingerprint density at radius 3 is 1.94 bits per heavy atom. The van der Waals surface area contributed by atoms with Crippen LogP contribution in [0, 0.1) is 5.41 Å². The zero-order chi connectivity index (χ0) is 13.8. The second-order valence-corrected chi connectivity index (χ2v) is 5.29. The molecule has 0 amide bonds. The van der Waals surface area contributed by atoms with Crippen LogP contribution in [0.25, 0.3) is 0 Å². The Morgan fingerprint density at radius 2 is 1.56 bits per heavy atom. The first-order chi connectivity index (χ1) is 8.30. The largest absolute Gasteiger partial charge is 0.416 e. The minimum Gasteiger partial charge on any atom is -0.166 e. The minimum atomic E-state index is -4.24. The van der Waals surface area contributed by atoms with E-state index in [0.29, 0.717) is 0 Å². The van der Waals surface area contributed by atoms with E-state index < -0.39 is 11.7 Å². The zero-order valence-electron chi connectivity index (χ0n) is 11.3. The number of halogens is 3. The summed E-state index contributed by atoms with van der Waals surface area (Å²) in [6.07, 6.45) is -0.150. The van der Waals surface area contributed by atoms with Crippen molar-refractivity contribution in [1.29, 1.82) is 0 Å². The zero-order valence-corrected chi connectivity index (χ0v) is 11.3. The van der Waals surface area contributed by atoms with Crippen LogP contribution in [0.4, 0.5) is 13.2 Å². The van der Waals surface area contributed by atoms with E-state index in [-0.39, 0.29) is 5.41 Å². The average molecular weight is 258 g/mol. The van der Waals surface area contributed by atoms with Gasteiger partial charge >= 0.3 is 6.18 Å². The standard InChI is InChI=1S/C15H21F3/c1-4-10-14(3,5-2)11-12-6-8-13(9-7-12)15(16,17)18/h6-9H,4-5,10-11H2,1-3H3. The van der Waals surface area contributed by atoms with Crippen molar-refractivity contribution in [2.45, 2.75) is 52.6 Å². The molecule has 3 heteroatoms. The van der Waals surface area contributed by atoms with E-state index in [9.17, 15) is 13.2 Å². The molecule has 1 rings (SSSR count). The Morgan fingerprint density at radius 1 is 1.00 bits per heavy atom. The first kappa shape index (κ1) is 15.1. The van der Waals surface area contributed by atoms with Crippen molar-refractivity contribution < 1.29 is 13.2 Å². The molecule has 1 aromatic rings. The molecular formula is C15H21F3. The highest BCUT2D eigenvalue weighted by Gasteiger charge is 2.30. The molecule has 1 aromatic carbocycles. The Kier molecular flexibility index (Phi) is 4.83. The van der Waals surface area contributed by atoms with Crippen LogP contribution < -0.4 is 0 Å². The fourth-order valence-corrected chi connectivity index (χ4v) is 2.30. The molecule has 0 aliphatic rings. The Labute approximate surface area is 107 Å². The van der Waals surface area contributed by atoms with Crippen molar-refractivity contribution in [3.63, 3.8) is 0 Å². The molecular weight excluding hydrogens is 237 g/mol. The molecule has 0 aliphatic carbocycles. The summed E-state index contributed by atoms with van der Waals surface area (Å²) >= 11 is 0. The highest BCUT2D eigenvalue weighted by atomic mass is 19.4. The summed E-state index contributed by atoms with van der Waals surface area (Å²) in [5, 5.41) is 0. The normalized spacial score (nSPS) is 15.4. The van der Waals surface area contributed by atoms with Gasteiger partial charge in [0.15, 0.2) is 0 Å². The van der Waals surface area contributed by atoms with Crippen LogP contribution in [0.15, 0.2) is 24.3 Å². The Bertz CT molecular complexity index is 364. The van der Waals surface area contributed by atoms with Crippen LogP contribution in [0.2, 0.25) is 0 Å². The first-order valence-electron chi connectivity index (χ1n) is 6.47. The number of hydrogen-bond acceptors (Lipinski definition) is 0. The maximum atomic E-state index is 12.4. The second-order valence-electron chi connectivity index (χ2n) is 5.29. The van der Waals surface area contributed by atoms with Crippen molar-refractivity contribution in [1.82, 2.24) is 0 Å².